The minimum absolute atomic E-state index is 0.0126. The van der Waals surface area contributed by atoms with Gasteiger partial charge in [0, 0.05) is 24.7 Å². The topological polar surface area (TPSA) is 74.8 Å². The van der Waals surface area contributed by atoms with Gasteiger partial charge in [-0.1, -0.05) is 23.2 Å². The van der Waals surface area contributed by atoms with Crippen LogP contribution in [0.25, 0.3) is 0 Å². The molecule has 0 aliphatic carbocycles. The summed E-state index contributed by atoms with van der Waals surface area (Å²) in [5.41, 5.74) is 0.464. The third-order valence-corrected chi connectivity index (χ3v) is 3.05. The molecule has 0 aromatic carbocycles. The van der Waals surface area contributed by atoms with E-state index in [1.165, 1.54) is 24.7 Å². The van der Waals surface area contributed by atoms with E-state index < -0.39 is 5.91 Å². The van der Waals surface area contributed by atoms with Gasteiger partial charge in [0.2, 0.25) is 5.43 Å². The summed E-state index contributed by atoms with van der Waals surface area (Å²) in [5, 5.41) is 2.72. The lowest BCUT2D eigenvalue weighted by molar-refractivity contribution is 0.102. The van der Waals surface area contributed by atoms with E-state index in [2.05, 4.69) is 15.3 Å². The van der Waals surface area contributed by atoms with Crippen LogP contribution in [-0.2, 0) is 0 Å². The molecule has 5 nitrogen and oxygen atoms in total. The Kier molecular flexibility index (Phi) is 3.87. The minimum Gasteiger partial charge on any atom is -0.350 e. The molecule has 0 saturated heterocycles. The maximum absolute atomic E-state index is 12.1. The number of aromatic nitrogens is 2. The van der Waals surface area contributed by atoms with Crippen molar-refractivity contribution in [2.75, 3.05) is 5.32 Å². The smallest absolute Gasteiger partial charge is 0.257 e. The highest BCUT2D eigenvalue weighted by Gasteiger charge is 2.16. The quantitative estimate of drug-likeness (QED) is 0.837. The van der Waals surface area contributed by atoms with Crippen LogP contribution in [0.15, 0.2) is 29.5 Å². The van der Waals surface area contributed by atoms with Gasteiger partial charge in [0.15, 0.2) is 0 Å². The summed E-state index contributed by atoms with van der Waals surface area (Å²) in [4.78, 5) is 30.2. The van der Waals surface area contributed by atoms with Crippen molar-refractivity contribution in [2.45, 2.75) is 6.92 Å². The first-order valence-electron chi connectivity index (χ1n) is 5.29. The molecular formula is C12H9Cl2N3O2. The predicted octanol–water partition coefficient (Wildman–Crippen LogP) is 2.64. The maximum Gasteiger partial charge on any atom is 0.257 e. The second-order valence-electron chi connectivity index (χ2n) is 3.80. The summed E-state index contributed by atoms with van der Waals surface area (Å²) >= 11 is 11.8. The van der Waals surface area contributed by atoms with E-state index in [1.54, 1.807) is 6.92 Å². The number of nitrogens with one attached hydrogen (secondary N) is 2. The Hall–Kier alpha value is -1.85. The molecule has 2 N–H and O–H groups in total. The Morgan fingerprint density at radius 1 is 1.37 bits per heavy atom. The van der Waals surface area contributed by atoms with Crippen LogP contribution in [0.2, 0.25) is 10.2 Å². The van der Waals surface area contributed by atoms with Crippen molar-refractivity contribution in [3.05, 3.63) is 56.2 Å². The second kappa shape index (κ2) is 5.42. The monoisotopic (exact) mass is 297 g/mol. The molecule has 0 fully saturated rings. The summed E-state index contributed by atoms with van der Waals surface area (Å²) in [7, 11) is 0. The largest absolute Gasteiger partial charge is 0.350 e. The normalized spacial score (nSPS) is 10.3. The molecule has 0 unspecified atom stereocenters. The number of anilines is 1. The lowest BCUT2D eigenvalue weighted by Gasteiger charge is -2.09. The highest BCUT2D eigenvalue weighted by Crippen LogP contribution is 2.20. The number of carbonyl (C=O) groups is 1. The average Bonchev–Trinajstić information content (AvgIpc) is 2.34. The fourth-order valence-electron chi connectivity index (χ4n) is 1.57. The third kappa shape index (κ3) is 2.77. The van der Waals surface area contributed by atoms with Crippen molar-refractivity contribution < 1.29 is 4.79 Å². The van der Waals surface area contributed by atoms with Crippen LogP contribution in [0.3, 0.4) is 0 Å². The van der Waals surface area contributed by atoms with Crippen molar-refractivity contribution >= 4 is 34.8 Å². The van der Waals surface area contributed by atoms with Gasteiger partial charge in [-0.25, -0.2) is 0 Å². The van der Waals surface area contributed by atoms with Crippen LogP contribution in [-0.4, -0.2) is 15.9 Å². The zero-order chi connectivity index (χ0) is 14.0. The molecule has 0 radical (unpaired) electrons. The highest BCUT2D eigenvalue weighted by atomic mass is 35.5. The summed E-state index contributed by atoms with van der Waals surface area (Å²) in [6.45, 7) is 1.70. The first-order chi connectivity index (χ1) is 9.00. The number of pyridine rings is 2. The van der Waals surface area contributed by atoms with Crippen molar-refractivity contribution in [1.82, 2.24) is 9.97 Å². The summed E-state index contributed by atoms with van der Waals surface area (Å²) in [6, 6.07) is 1.27. The molecule has 2 aromatic heterocycles. The van der Waals surface area contributed by atoms with E-state index in [-0.39, 0.29) is 26.9 Å². The van der Waals surface area contributed by atoms with E-state index >= 15 is 0 Å². The van der Waals surface area contributed by atoms with Gasteiger partial charge in [0.05, 0.1) is 10.6 Å². The standard InChI is InChI=1S/C12H9Cl2N3O2/c1-6-4-15-5-7(13)9(6)12(19)17-10-8(18)2-3-16-11(10)14/h2-5H,1H3,(H,16,18)(H,17,19). The van der Waals surface area contributed by atoms with E-state index in [0.29, 0.717) is 5.56 Å². The van der Waals surface area contributed by atoms with Crippen molar-refractivity contribution in [1.29, 1.82) is 0 Å². The SMILES string of the molecule is Cc1cncc(Cl)c1C(=O)Nc1c(Cl)[nH]ccc1=O. The molecule has 2 heterocycles. The average molecular weight is 298 g/mol. The number of hydrogen-bond acceptors (Lipinski definition) is 3. The van der Waals surface area contributed by atoms with Gasteiger partial charge in [0.25, 0.3) is 5.91 Å². The van der Waals surface area contributed by atoms with Crippen molar-refractivity contribution in [3.63, 3.8) is 0 Å². The molecule has 0 atom stereocenters. The van der Waals surface area contributed by atoms with Crippen LogP contribution in [0.5, 0.6) is 0 Å². The summed E-state index contributed by atoms with van der Waals surface area (Å²) in [6.07, 6.45) is 4.27. The van der Waals surface area contributed by atoms with Crippen LogP contribution < -0.4 is 10.7 Å². The van der Waals surface area contributed by atoms with Crippen LogP contribution in [0.4, 0.5) is 5.69 Å². The lowest BCUT2D eigenvalue weighted by Crippen LogP contribution is -2.20. The maximum atomic E-state index is 12.1. The predicted molar refractivity (Wildman–Crippen MR) is 74.0 cm³/mol. The number of aryl methyl sites for hydroxylation is 1. The van der Waals surface area contributed by atoms with E-state index in [9.17, 15) is 9.59 Å². The number of rotatable bonds is 2. The molecule has 2 rings (SSSR count). The van der Waals surface area contributed by atoms with Gasteiger partial charge in [-0.2, -0.15) is 0 Å². The van der Waals surface area contributed by atoms with Gasteiger partial charge in [-0.3, -0.25) is 14.6 Å². The molecule has 7 heteroatoms. The van der Waals surface area contributed by atoms with E-state index in [4.69, 9.17) is 23.2 Å². The highest BCUT2D eigenvalue weighted by molar-refractivity contribution is 6.35. The van der Waals surface area contributed by atoms with E-state index in [0.717, 1.165) is 0 Å². The molecule has 0 bridgehead atoms. The molecule has 0 spiro atoms. The zero-order valence-corrected chi connectivity index (χ0v) is 11.3. The van der Waals surface area contributed by atoms with Gasteiger partial charge in [-0.15, -0.1) is 0 Å². The number of nitrogens with zero attached hydrogens (tertiary/aromatic N) is 1. The molecule has 0 saturated carbocycles. The number of H-pyrrole nitrogens is 1. The molecule has 19 heavy (non-hydrogen) atoms. The van der Waals surface area contributed by atoms with Crippen molar-refractivity contribution in [2.24, 2.45) is 0 Å². The molecule has 1 amide bonds. The molecule has 0 aliphatic heterocycles. The first kappa shape index (κ1) is 13.6. The Morgan fingerprint density at radius 3 is 2.74 bits per heavy atom. The number of amides is 1. The third-order valence-electron chi connectivity index (χ3n) is 2.47. The minimum atomic E-state index is -0.511. The van der Waals surface area contributed by atoms with Gasteiger partial charge in [0.1, 0.15) is 10.8 Å². The van der Waals surface area contributed by atoms with Crippen LogP contribution in [0, 0.1) is 6.92 Å². The van der Waals surface area contributed by atoms with Gasteiger partial charge < -0.3 is 10.3 Å². The van der Waals surface area contributed by atoms with Gasteiger partial charge in [-0.05, 0) is 12.5 Å². The van der Waals surface area contributed by atoms with Crippen molar-refractivity contribution in [3.8, 4) is 0 Å². The molecule has 0 aliphatic rings. The van der Waals surface area contributed by atoms with Crippen LogP contribution >= 0.6 is 23.2 Å². The molecule has 98 valence electrons. The van der Waals surface area contributed by atoms with E-state index in [1.807, 2.05) is 0 Å². The fourth-order valence-corrected chi connectivity index (χ4v) is 2.06. The van der Waals surface area contributed by atoms with Gasteiger partial charge >= 0.3 is 0 Å². The summed E-state index contributed by atoms with van der Waals surface area (Å²) < 4.78 is 0. The number of carbonyl (C=O) groups excluding carboxylic acids is 1. The molecule has 2 aromatic rings. The van der Waals surface area contributed by atoms with Crippen LogP contribution in [0.1, 0.15) is 15.9 Å². The Labute approximate surface area is 118 Å². The molecular weight excluding hydrogens is 289 g/mol. The summed E-state index contributed by atoms with van der Waals surface area (Å²) in [5.74, 6) is -0.511. The lowest BCUT2D eigenvalue weighted by atomic mass is 10.1. The Balaban J connectivity index is 2.40. The fraction of sp³-hybridized carbons (Fsp3) is 0.0833. The Morgan fingerprint density at radius 2 is 2.11 bits per heavy atom. The Bertz CT molecular complexity index is 677. The zero-order valence-electron chi connectivity index (χ0n) is 9.83. The number of halogens is 2. The second-order valence-corrected chi connectivity index (χ2v) is 4.58. The first-order valence-corrected chi connectivity index (χ1v) is 6.05. The number of hydrogen-bond donors (Lipinski definition) is 2. The number of aromatic amines is 1.